The lowest BCUT2D eigenvalue weighted by atomic mass is 9.70. The molecule has 0 radical (unpaired) electrons. The Kier molecular flexibility index (Phi) is 3.94. The molecule has 1 unspecified atom stereocenters. The molecule has 5 heteroatoms. The third-order valence-electron chi connectivity index (χ3n) is 4.27. The number of halogens is 2. The number of amides is 1. The van der Waals surface area contributed by atoms with E-state index in [1.165, 1.54) is 6.07 Å². The molecule has 0 fully saturated rings. The Hall–Kier alpha value is -2.56. The van der Waals surface area contributed by atoms with Crippen molar-refractivity contribution >= 4 is 17.4 Å². The number of fused-ring (bicyclic) bond motifs is 1. The quantitative estimate of drug-likeness (QED) is 0.878. The van der Waals surface area contributed by atoms with Gasteiger partial charge in [-0.25, -0.2) is 8.78 Å². The van der Waals surface area contributed by atoms with E-state index in [2.05, 4.69) is 5.32 Å². The normalized spacial score (nSPS) is 20.2. The number of carbonyl (C=O) groups is 2. The van der Waals surface area contributed by atoms with Crippen molar-refractivity contribution in [3.63, 3.8) is 0 Å². The SMILES string of the molecule is O=C(Nc1ccccc1)C1(C(F)F)CCc2ccccc2C1=O. The van der Waals surface area contributed by atoms with Crippen LogP contribution in [0.3, 0.4) is 0 Å². The predicted octanol–water partition coefficient (Wildman–Crippen LogP) is 3.71. The second-order valence-electron chi connectivity index (χ2n) is 5.58. The topological polar surface area (TPSA) is 46.2 Å². The molecule has 1 atom stereocenters. The number of anilines is 1. The Morgan fingerprint density at radius 2 is 1.70 bits per heavy atom. The lowest BCUT2D eigenvalue weighted by Gasteiger charge is -2.34. The van der Waals surface area contributed by atoms with Crippen LogP contribution < -0.4 is 5.32 Å². The predicted molar refractivity (Wildman–Crippen MR) is 82.6 cm³/mol. The van der Waals surface area contributed by atoms with E-state index >= 15 is 0 Å². The zero-order valence-electron chi connectivity index (χ0n) is 12.3. The first kappa shape index (κ1) is 15.3. The zero-order chi connectivity index (χ0) is 16.4. The van der Waals surface area contributed by atoms with Crippen LogP contribution >= 0.6 is 0 Å². The van der Waals surface area contributed by atoms with Gasteiger partial charge in [0.2, 0.25) is 5.91 Å². The number of ketones is 1. The second-order valence-corrected chi connectivity index (χ2v) is 5.58. The number of benzene rings is 2. The standard InChI is InChI=1S/C18H15F2NO2/c19-16(20)18(17(23)21-13-7-2-1-3-8-13)11-10-12-6-4-5-9-14(12)15(18)22/h1-9,16H,10-11H2,(H,21,23). The summed E-state index contributed by atoms with van der Waals surface area (Å²) in [5.74, 6) is -1.75. The van der Waals surface area contributed by atoms with Gasteiger partial charge in [0.1, 0.15) is 0 Å². The summed E-state index contributed by atoms with van der Waals surface area (Å²) < 4.78 is 27.6. The summed E-state index contributed by atoms with van der Waals surface area (Å²) in [4.78, 5) is 25.2. The van der Waals surface area contributed by atoms with Crippen molar-refractivity contribution in [1.82, 2.24) is 0 Å². The van der Waals surface area contributed by atoms with Gasteiger partial charge in [-0.2, -0.15) is 0 Å². The van der Waals surface area contributed by atoms with Crippen molar-refractivity contribution < 1.29 is 18.4 Å². The monoisotopic (exact) mass is 315 g/mol. The summed E-state index contributed by atoms with van der Waals surface area (Å²) in [6.07, 6.45) is -2.99. The minimum Gasteiger partial charge on any atom is -0.325 e. The lowest BCUT2D eigenvalue weighted by Crippen LogP contribution is -2.51. The lowest BCUT2D eigenvalue weighted by molar-refractivity contribution is -0.131. The third kappa shape index (κ3) is 2.52. The average Bonchev–Trinajstić information content (AvgIpc) is 2.56. The van der Waals surface area contributed by atoms with E-state index in [4.69, 9.17) is 0 Å². The molecular formula is C18H15F2NO2. The first-order valence-corrected chi connectivity index (χ1v) is 7.33. The van der Waals surface area contributed by atoms with Gasteiger partial charge in [0, 0.05) is 11.3 Å². The molecule has 3 rings (SSSR count). The molecule has 118 valence electrons. The van der Waals surface area contributed by atoms with Crippen LogP contribution in [0.1, 0.15) is 22.3 Å². The van der Waals surface area contributed by atoms with E-state index in [9.17, 15) is 18.4 Å². The molecule has 0 aliphatic heterocycles. The maximum Gasteiger partial charge on any atom is 0.260 e. The van der Waals surface area contributed by atoms with E-state index in [-0.39, 0.29) is 18.4 Å². The van der Waals surface area contributed by atoms with Crippen molar-refractivity contribution in [3.8, 4) is 0 Å². The maximum atomic E-state index is 13.8. The molecule has 23 heavy (non-hydrogen) atoms. The summed E-state index contributed by atoms with van der Waals surface area (Å²) in [5.41, 5.74) is -1.02. The molecule has 1 aliphatic carbocycles. The summed E-state index contributed by atoms with van der Waals surface area (Å²) in [6.45, 7) is 0. The highest BCUT2D eigenvalue weighted by Gasteiger charge is 2.55. The number of hydrogen-bond acceptors (Lipinski definition) is 2. The van der Waals surface area contributed by atoms with Gasteiger partial charge in [-0.3, -0.25) is 9.59 Å². The molecule has 0 bridgehead atoms. The fraction of sp³-hybridized carbons (Fsp3) is 0.222. The van der Waals surface area contributed by atoms with Crippen molar-refractivity contribution in [2.24, 2.45) is 5.41 Å². The van der Waals surface area contributed by atoms with Gasteiger partial charge < -0.3 is 5.32 Å². The Labute approximate surface area is 132 Å². The smallest absolute Gasteiger partial charge is 0.260 e. The van der Waals surface area contributed by atoms with Crippen LogP contribution in [0.25, 0.3) is 0 Å². The molecule has 2 aromatic carbocycles. The van der Waals surface area contributed by atoms with E-state index < -0.39 is 23.5 Å². The third-order valence-corrected chi connectivity index (χ3v) is 4.27. The molecule has 1 aliphatic rings. The number of Topliss-reactive ketones (excluding diaryl/α,β-unsaturated/α-hetero) is 1. The molecule has 0 spiro atoms. The van der Waals surface area contributed by atoms with Crippen LogP contribution in [-0.2, 0) is 11.2 Å². The van der Waals surface area contributed by atoms with E-state index in [0.717, 1.165) is 0 Å². The number of rotatable bonds is 3. The Balaban J connectivity index is 1.98. The van der Waals surface area contributed by atoms with Crippen LogP contribution in [-0.4, -0.2) is 18.1 Å². The van der Waals surface area contributed by atoms with Gasteiger partial charge in [0.05, 0.1) is 0 Å². The minimum absolute atomic E-state index is 0.195. The van der Waals surface area contributed by atoms with Gasteiger partial charge in [-0.05, 0) is 30.5 Å². The molecular weight excluding hydrogens is 300 g/mol. The largest absolute Gasteiger partial charge is 0.325 e. The molecule has 1 amide bonds. The summed E-state index contributed by atoms with van der Waals surface area (Å²) >= 11 is 0. The Morgan fingerprint density at radius 1 is 1.04 bits per heavy atom. The van der Waals surface area contributed by atoms with Gasteiger partial charge >= 0.3 is 0 Å². The van der Waals surface area contributed by atoms with Crippen molar-refractivity contribution in [3.05, 3.63) is 65.7 Å². The Bertz CT molecular complexity index is 746. The van der Waals surface area contributed by atoms with Crippen LogP contribution in [0.5, 0.6) is 0 Å². The van der Waals surface area contributed by atoms with Gasteiger partial charge in [-0.1, -0.05) is 42.5 Å². The van der Waals surface area contributed by atoms with Gasteiger partial charge in [0.25, 0.3) is 6.43 Å². The number of alkyl halides is 2. The number of hydrogen-bond donors (Lipinski definition) is 1. The first-order valence-electron chi connectivity index (χ1n) is 7.33. The van der Waals surface area contributed by atoms with Crippen LogP contribution in [0.4, 0.5) is 14.5 Å². The fourth-order valence-corrected chi connectivity index (χ4v) is 2.93. The number of carbonyl (C=O) groups excluding carboxylic acids is 2. The molecule has 0 heterocycles. The first-order chi connectivity index (χ1) is 11.1. The fourth-order valence-electron chi connectivity index (χ4n) is 2.93. The number of aryl methyl sites for hydroxylation is 1. The summed E-state index contributed by atoms with van der Waals surface area (Å²) in [7, 11) is 0. The molecule has 3 nitrogen and oxygen atoms in total. The molecule has 0 saturated carbocycles. The van der Waals surface area contributed by atoms with Crippen molar-refractivity contribution in [2.45, 2.75) is 19.3 Å². The van der Waals surface area contributed by atoms with Gasteiger partial charge in [-0.15, -0.1) is 0 Å². The number of para-hydroxylation sites is 1. The van der Waals surface area contributed by atoms with Crippen molar-refractivity contribution in [2.75, 3.05) is 5.32 Å². The van der Waals surface area contributed by atoms with E-state index in [1.807, 2.05) is 0 Å². The van der Waals surface area contributed by atoms with E-state index in [0.29, 0.717) is 11.3 Å². The van der Waals surface area contributed by atoms with E-state index in [1.54, 1.807) is 48.5 Å². The number of nitrogens with one attached hydrogen (secondary N) is 1. The highest BCUT2D eigenvalue weighted by atomic mass is 19.3. The molecule has 0 saturated heterocycles. The van der Waals surface area contributed by atoms with Crippen LogP contribution in [0.15, 0.2) is 54.6 Å². The molecule has 1 N–H and O–H groups in total. The molecule has 0 aromatic heterocycles. The average molecular weight is 315 g/mol. The van der Waals surface area contributed by atoms with Crippen molar-refractivity contribution in [1.29, 1.82) is 0 Å². The van der Waals surface area contributed by atoms with Gasteiger partial charge in [0.15, 0.2) is 11.2 Å². The highest BCUT2D eigenvalue weighted by Crippen LogP contribution is 2.41. The molecule has 2 aromatic rings. The second kappa shape index (κ2) is 5.91. The Morgan fingerprint density at radius 3 is 2.39 bits per heavy atom. The maximum absolute atomic E-state index is 13.8. The summed E-state index contributed by atoms with van der Waals surface area (Å²) in [5, 5.41) is 2.46. The summed E-state index contributed by atoms with van der Waals surface area (Å²) in [6, 6.07) is 14.9. The highest BCUT2D eigenvalue weighted by molar-refractivity contribution is 6.19. The van der Waals surface area contributed by atoms with Crippen LogP contribution in [0, 0.1) is 5.41 Å². The minimum atomic E-state index is -3.06. The van der Waals surface area contributed by atoms with Crippen LogP contribution in [0.2, 0.25) is 0 Å². The zero-order valence-corrected chi connectivity index (χ0v) is 12.3.